The highest BCUT2D eigenvalue weighted by molar-refractivity contribution is 7.98. The second-order valence-electron chi connectivity index (χ2n) is 3.72. The van der Waals surface area contributed by atoms with Gasteiger partial charge in [-0.1, -0.05) is 0 Å². The van der Waals surface area contributed by atoms with Crippen molar-refractivity contribution >= 4 is 11.8 Å². The average molecular weight is 240 g/mol. The molecule has 1 aliphatic heterocycles. The molecule has 4 heteroatoms. The number of fused-ring (bicyclic) bond motifs is 1. The van der Waals surface area contributed by atoms with Gasteiger partial charge < -0.3 is 14.6 Å². The summed E-state index contributed by atoms with van der Waals surface area (Å²) >= 11 is 1.82. The van der Waals surface area contributed by atoms with Gasteiger partial charge in [0.05, 0.1) is 20.3 Å². The van der Waals surface area contributed by atoms with E-state index >= 15 is 0 Å². The molecular formula is C12H16O3S. The van der Waals surface area contributed by atoms with Crippen molar-refractivity contribution < 1.29 is 14.6 Å². The van der Waals surface area contributed by atoms with Gasteiger partial charge in [-0.25, -0.2) is 0 Å². The van der Waals surface area contributed by atoms with E-state index in [4.69, 9.17) is 9.47 Å². The maximum absolute atomic E-state index is 10.1. The van der Waals surface area contributed by atoms with Gasteiger partial charge in [0.1, 0.15) is 11.5 Å². The summed E-state index contributed by atoms with van der Waals surface area (Å²) in [6.07, 6.45) is 0.316. The van der Waals surface area contributed by atoms with Crippen LogP contribution >= 0.6 is 11.8 Å². The van der Waals surface area contributed by atoms with Gasteiger partial charge in [0, 0.05) is 16.9 Å². The van der Waals surface area contributed by atoms with Crippen molar-refractivity contribution in [1.82, 2.24) is 0 Å². The fourth-order valence-electron chi connectivity index (χ4n) is 2.02. The highest BCUT2D eigenvalue weighted by atomic mass is 32.2. The minimum Gasteiger partial charge on any atom is -0.496 e. The van der Waals surface area contributed by atoms with E-state index in [2.05, 4.69) is 0 Å². The maximum Gasteiger partial charge on any atom is 0.125 e. The Kier molecular flexibility index (Phi) is 3.61. The summed E-state index contributed by atoms with van der Waals surface area (Å²) in [5.74, 6) is 3.42. The Morgan fingerprint density at radius 2 is 1.94 bits per heavy atom. The molecule has 0 aliphatic carbocycles. The van der Waals surface area contributed by atoms with Crippen LogP contribution in [0.5, 0.6) is 11.5 Å². The predicted octanol–water partition coefficient (Wildman–Crippen LogP) is 2.37. The molecule has 1 aromatic carbocycles. The summed E-state index contributed by atoms with van der Waals surface area (Å²) in [6, 6.07) is 3.76. The molecule has 0 spiro atoms. The summed E-state index contributed by atoms with van der Waals surface area (Å²) in [6.45, 7) is 0. The highest BCUT2D eigenvalue weighted by Gasteiger charge is 2.23. The molecular weight excluding hydrogens is 224 g/mol. The number of ether oxygens (including phenoxy) is 2. The fourth-order valence-corrected chi connectivity index (χ4v) is 3.06. The molecule has 0 saturated carbocycles. The van der Waals surface area contributed by atoms with Gasteiger partial charge in [0.25, 0.3) is 0 Å². The van der Waals surface area contributed by atoms with E-state index in [9.17, 15) is 5.11 Å². The normalized spacial score (nSPS) is 19.8. The van der Waals surface area contributed by atoms with Crippen LogP contribution in [0.1, 0.15) is 23.7 Å². The van der Waals surface area contributed by atoms with E-state index in [1.807, 2.05) is 23.9 Å². The number of thioether (sulfide) groups is 1. The Balaban J connectivity index is 2.56. The van der Waals surface area contributed by atoms with E-state index < -0.39 is 6.10 Å². The lowest BCUT2D eigenvalue weighted by Gasteiger charge is -2.18. The number of methoxy groups -OCH3 is 2. The first-order chi connectivity index (χ1) is 7.77. The third kappa shape index (κ3) is 1.99. The van der Waals surface area contributed by atoms with Crippen LogP contribution in [0.4, 0.5) is 0 Å². The molecule has 0 amide bonds. The molecule has 0 saturated heterocycles. The first kappa shape index (κ1) is 11.6. The van der Waals surface area contributed by atoms with Crippen LogP contribution in [0, 0.1) is 0 Å². The summed E-state index contributed by atoms with van der Waals surface area (Å²) in [4.78, 5) is 0. The number of rotatable bonds is 2. The fraction of sp³-hybridized carbons (Fsp3) is 0.500. The van der Waals surface area contributed by atoms with Crippen molar-refractivity contribution in [3.63, 3.8) is 0 Å². The van der Waals surface area contributed by atoms with Gasteiger partial charge in [0.15, 0.2) is 0 Å². The molecule has 0 bridgehead atoms. The molecule has 1 unspecified atom stereocenters. The standard InChI is InChI=1S/C12H16O3S/c1-14-10-3-4-11(15-2)12-8(10)7-16-6-5-9(12)13/h3-4,9,13H,5-7H2,1-2H3. The molecule has 16 heavy (non-hydrogen) atoms. The number of aliphatic hydroxyl groups excluding tert-OH is 1. The molecule has 1 aliphatic rings. The number of hydrogen-bond acceptors (Lipinski definition) is 4. The Hall–Kier alpha value is -0.870. The van der Waals surface area contributed by atoms with Crippen LogP contribution in [-0.4, -0.2) is 25.1 Å². The molecule has 2 rings (SSSR count). The minimum atomic E-state index is -0.449. The largest absolute Gasteiger partial charge is 0.496 e. The zero-order valence-corrected chi connectivity index (χ0v) is 10.3. The number of aliphatic hydroxyl groups is 1. The van der Waals surface area contributed by atoms with Crippen molar-refractivity contribution in [3.05, 3.63) is 23.3 Å². The van der Waals surface area contributed by atoms with E-state index in [1.165, 1.54) is 0 Å². The van der Waals surface area contributed by atoms with Crippen LogP contribution in [-0.2, 0) is 5.75 Å². The quantitative estimate of drug-likeness (QED) is 0.861. The molecule has 1 N–H and O–H groups in total. The van der Waals surface area contributed by atoms with Gasteiger partial charge in [-0.3, -0.25) is 0 Å². The molecule has 1 heterocycles. The van der Waals surface area contributed by atoms with Gasteiger partial charge >= 0.3 is 0 Å². The molecule has 0 fully saturated rings. The lowest BCUT2D eigenvalue weighted by molar-refractivity contribution is 0.170. The van der Waals surface area contributed by atoms with Gasteiger partial charge in [-0.2, -0.15) is 11.8 Å². The Morgan fingerprint density at radius 3 is 2.62 bits per heavy atom. The zero-order chi connectivity index (χ0) is 11.5. The first-order valence-corrected chi connectivity index (χ1v) is 6.43. The molecule has 1 atom stereocenters. The molecule has 3 nitrogen and oxygen atoms in total. The van der Waals surface area contributed by atoms with Gasteiger partial charge in [-0.05, 0) is 24.3 Å². The maximum atomic E-state index is 10.1. The Morgan fingerprint density at radius 1 is 1.25 bits per heavy atom. The predicted molar refractivity (Wildman–Crippen MR) is 65.3 cm³/mol. The van der Waals surface area contributed by atoms with Crippen molar-refractivity contribution in [2.75, 3.05) is 20.0 Å². The van der Waals surface area contributed by atoms with E-state index in [-0.39, 0.29) is 0 Å². The van der Waals surface area contributed by atoms with Crippen molar-refractivity contribution in [3.8, 4) is 11.5 Å². The van der Waals surface area contributed by atoms with Crippen LogP contribution < -0.4 is 9.47 Å². The Labute approximate surface area is 99.8 Å². The minimum absolute atomic E-state index is 0.449. The highest BCUT2D eigenvalue weighted by Crippen LogP contribution is 2.41. The molecule has 88 valence electrons. The first-order valence-electron chi connectivity index (χ1n) is 5.27. The second-order valence-corrected chi connectivity index (χ2v) is 4.82. The van der Waals surface area contributed by atoms with Crippen LogP contribution in [0.2, 0.25) is 0 Å². The van der Waals surface area contributed by atoms with Gasteiger partial charge in [0.2, 0.25) is 0 Å². The van der Waals surface area contributed by atoms with Gasteiger partial charge in [-0.15, -0.1) is 0 Å². The monoisotopic (exact) mass is 240 g/mol. The lowest BCUT2D eigenvalue weighted by atomic mass is 9.99. The van der Waals surface area contributed by atoms with Crippen LogP contribution in [0.3, 0.4) is 0 Å². The summed E-state index contributed by atoms with van der Waals surface area (Å²) in [5, 5.41) is 10.1. The molecule has 1 aromatic rings. The molecule has 0 aromatic heterocycles. The summed E-state index contributed by atoms with van der Waals surface area (Å²) in [5.41, 5.74) is 1.96. The van der Waals surface area contributed by atoms with Crippen LogP contribution in [0.15, 0.2) is 12.1 Å². The molecule has 0 radical (unpaired) electrons. The number of hydrogen-bond donors (Lipinski definition) is 1. The smallest absolute Gasteiger partial charge is 0.125 e. The van der Waals surface area contributed by atoms with Crippen LogP contribution in [0.25, 0.3) is 0 Å². The topological polar surface area (TPSA) is 38.7 Å². The van der Waals surface area contributed by atoms with E-state index in [0.29, 0.717) is 0 Å². The summed E-state index contributed by atoms with van der Waals surface area (Å²) in [7, 11) is 3.29. The van der Waals surface area contributed by atoms with E-state index in [0.717, 1.165) is 40.6 Å². The van der Waals surface area contributed by atoms with Crippen molar-refractivity contribution in [1.29, 1.82) is 0 Å². The third-order valence-electron chi connectivity index (χ3n) is 2.83. The van der Waals surface area contributed by atoms with Crippen molar-refractivity contribution in [2.24, 2.45) is 0 Å². The average Bonchev–Trinajstić information content (AvgIpc) is 2.51. The number of benzene rings is 1. The van der Waals surface area contributed by atoms with Crippen molar-refractivity contribution in [2.45, 2.75) is 18.3 Å². The SMILES string of the molecule is COc1ccc(OC)c2c1CSCCC2O. The second kappa shape index (κ2) is 4.97. The zero-order valence-electron chi connectivity index (χ0n) is 9.53. The summed E-state index contributed by atoms with van der Waals surface area (Å²) < 4.78 is 10.6. The third-order valence-corrected chi connectivity index (χ3v) is 3.85. The Bertz CT molecular complexity index is 379. The lowest BCUT2D eigenvalue weighted by Crippen LogP contribution is -2.04. The van der Waals surface area contributed by atoms with E-state index in [1.54, 1.807) is 14.2 Å².